The Morgan fingerprint density at radius 1 is 1.58 bits per heavy atom. The van der Waals surface area contributed by atoms with Crippen LogP contribution in [0.5, 0.6) is 0 Å². The van der Waals surface area contributed by atoms with Gasteiger partial charge in [-0.1, -0.05) is 5.16 Å². The maximum Gasteiger partial charge on any atom is 0.248 e. The molecular weight excluding hydrogens is 158 g/mol. The highest BCUT2D eigenvalue weighted by molar-refractivity contribution is 5.30. The molecule has 0 unspecified atom stereocenters. The van der Waals surface area contributed by atoms with Crippen LogP contribution in [0.15, 0.2) is 23.2 Å². The lowest BCUT2D eigenvalue weighted by molar-refractivity contribution is 0.365. The van der Waals surface area contributed by atoms with Gasteiger partial charge in [-0.3, -0.25) is 4.68 Å². The SMILES string of the molecule is Nc1cnn(Cc2ncno2)c1. The first-order chi connectivity index (χ1) is 5.84. The molecule has 0 spiro atoms. The number of rotatable bonds is 2. The van der Waals surface area contributed by atoms with Gasteiger partial charge in [0, 0.05) is 6.20 Å². The van der Waals surface area contributed by atoms with Gasteiger partial charge < -0.3 is 10.3 Å². The summed E-state index contributed by atoms with van der Waals surface area (Å²) in [5.41, 5.74) is 6.08. The van der Waals surface area contributed by atoms with Crippen LogP contribution in [0.1, 0.15) is 5.89 Å². The van der Waals surface area contributed by atoms with Crippen molar-refractivity contribution in [3.63, 3.8) is 0 Å². The third kappa shape index (κ3) is 1.26. The molecular formula is C6H7N5O. The van der Waals surface area contributed by atoms with Gasteiger partial charge in [0.2, 0.25) is 5.89 Å². The summed E-state index contributed by atoms with van der Waals surface area (Å²) in [5, 5.41) is 7.42. The van der Waals surface area contributed by atoms with Crippen molar-refractivity contribution >= 4 is 5.69 Å². The van der Waals surface area contributed by atoms with E-state index in [1.807, 2.05) is 0 Å². The minimum atomic E-state index is 0.456. The zero-order valence-electron chi connectivity index (χ0n) is 6.21. The summed E-state index contributed by atoms with van der Waals surface area (Å²) in [5.74, 6) is 0.512. The lowest BCUT2D eigenvalue weighted by Crippen LogP contribution is -1.99. The highest BCUT2D eigenvalue weighted by Crippen LogP contribution is 2.00. The van der Waals surface area contributed by atoms with E-state index in [2.05, 4.69) is 15.2 Å². The van der Waals surface area contributed by atoms with E-state index in [1.54, 1.807) is 17.1 Å². The zero-order valence-corrected chi connectivity index (χ0v) is 6.21. The van der Waals surface area contributed by atoms with E-state index in [0.29, 0.717) is 18.1 Å². The van der Waals surface area contributed by atoms with Crippen LogP contribution in [0, 0.1) is 0 Å². The van der Waals surface area contributed by atoms with Gasteiger partial charge in [-0.2, -0.15) is 10.1 Å². The maximum absolute atomic E-state index is 5.46. The van der Waals surface area contributed by atoms with Gasteiger partial charge in [0.25, 0.3) is 0 Å². The molecule has 6 nitrogen and oxygen atoms in total. The van der Waals surface area contributed by atoms with Crippen molar-refractivity contribution in [2.75, 3.05) is 5.73 Å². The molecule has 0 saturated carbocycles. The number of anilines is 1. The van der Waals surface area contributed by atoms with Crippen LogP contribution in [0.3, 0.4) is 0 Å². The fourth-order valence-electron chi connectivity index (χ4n) is 0.870. The van der Waals surface area contributed by atoms with Crippen molar-refractivity contribution in [1.82, 2.24) is 19.9 Å². The second kappa shape index (κ2) is 2.65. The van der Waals surface area contributed by atoms with Crippen LogP contribution in [-0.4, -0.2) is 19.9 Å². The Morgan fingerprint density at radius 3 is 3.08 bits per heavy atom. The summed E-state index contributed by atoms with van der Waals surface area (Å²) in [6.07, 6.45) is 4.61. The Bertz CT molecular complexity index is 352. The molecule has 0 aliphatic heterocycles. The smallest absolute Gasteiger partial charge is 0.248 e. The van der Waals surface area contributed by atoms with E-state index in [9.17, 15) is 0 Å². The van der Waals surface area contributed by atoms with Crippen molar-refractivity contribution in [1.29, 1.82) is 0 Å². The molecule has 0 saturated heterocycles. The summed E-state index contributed by atoms with van der Waals surface area (Å²) in [4.78, 5) is 3.84. The quantitative estimate of drug-likeness (QED) is 0.671. The first-order valence-corrected chi connectivity index (χ1v) is 3.38. The van der Waals surface area contributed by atoms with Gasteiger partial charge in [0.1, 0.15) is 6.54 Å². The first kappa shape index (κ1) is 6.84. The summed E-state index contributed by atoms with van der Waals surface area (Å²) in [7, 11) is 0. The molecule has 0 atom stereocenters. The number of aromatic nitrogens is 4. The molecule has 0 aromatic carbocycles. The summed E-state index contributed by atoms with van der Waals surface area (Å²) in [6, 6.07) is 0. The van der Waals surface area contributed by atoms with Crippen LogP contribution in [0.25, 0.3) is 0 Å². The minimum Gasteiger partial charge on any atom is -0.396 e. The topological polar surface area (TPSA) is 82.8 Å². The Morgan fingerprint density at radius 2 is 2.50 bits per heavy atom. The lowest BCUT2D eigenvalue weighted by Gasteiger charge is -1.92. The maximum atomic E-state index is 5.46. The molecule has 2 aromatic heterocycles. The fourth-order valence-corrected chi connectivity index (χ4v) is 0.870. The van der Waals surface area contributed by atoms with Gasteiger partial charge in [-0.25, -0.2) is 0 Å². The molecule has 0 radical (unpaired) electrons. The molecule has 62 valence electrons. The molecule has 2 rings (SSSR count). The molecule has 0 aliphatic rings. The van der Waals surface area contributed by atoms with Crippen LogP contribution in [0.2, 0.25) is 0 Å². The van der Waals surface area contributed by atoms with Crippen molar-refractivity contribution in [2.45, 2.75) is 6.54 Å². The van der Waals surface area contributed by atoms with E-state index in [4.69, 9.17) is 10.3 Å². The first-order valence-electron chi connectivity index (χ1n) is 3.38. The fraction of sp³-hybridized carbons (Fsp3) is 0.167. The van der Waals surface area contributed by atoms with E-state index in [0.717, 1.165) is 0 Å². The number of hydrogen-bond donors (Lipinski definition) is 1. The highest BCUT2D eigenvalue weighted by Gasteiger charge is 2.00. The number of nitrogens with zero attached hydrogens (tertiary/aromatic N) is 4. The molecule has 0 bridgehead atoms. The number of hydrogen-bond acceptors (Lipinski definition) is 5. The Labute approximate surface area is 68.0 Å². The number of nitrogen functional groups attached to an aromatic ring is 1. The van der Waals surface area contributed by atoms with Crippen LogP contribution < -0.4 is 5.73 Å². The largest absolute Gasteiger partial charge is 0.396 e. The standard InChI is InChI=1S/C6H7N5O/c7-5-1-9-11(2-5)3-6-8-4-10-12-6/h1-2,4H,3,7H2. The molecule has 0 fully saturated rings. The molecule has 6 heteroatoms. The highest BCUT2D eigenvalue weighted by atomic mass is 16.5. The molecule has 12 heavy (non-hydrogen) atoms. The van der Waals surface area contributed by atoms with E-state index >= 15 is 0 Å². The zero-order chi connectivity index (χ0) is 8.39. The van der Waals surface area contributed by atoms with Gasteiger partial charge in [-0.05, 0) is 0 Å². The van der Waals surface area contributed by atoms with E-state index < -0.39 is 0 Å². The van der Waals surface area contributed by atoms with Crippen molar-refractivity contribution < 1.29 is 4.52 Å². The van der Waals surface area contributed by atoms with E-state index in [-0.39, 0.29) is 0 Å². The van der Waals surface area contributed by atoms with Crippen LogP contribution in [-0.2, 0) is 6.54 Å². The van der Waals surface area contributed by atoms with Gasteiger partial charge in [-0.15, -0.1) is 0 Å². The molecule has 2 aromatic rings. The molecule has 2 heterocycles. The lowest BCUT2D eigenvalue weighted by atomic mass is 10.6. The Balaban J connectivity index is 2.14. The predicted molar refractivity (Wildman–Crippen MR) is 40.0 cm³/mol. The Kier molecular flexibility index (Phi) is 1.51. The van der Waals surface area contributed by atoms with Crippen molar-refractivity contribution in [2.24, 2.45) is 0 Å². The average molecular weight is 165 g/mol. The summed E-state index contributed by atoms with van der Waals surface area (Å²) in [6.45, 7) is 0.456. The van der Waals surface area contributed by atoms with E-state index in [1.165, 1.54) is 6.33 Å². The third-order valence-corrected chi connectivity index (χ3v) is 1.36. The van der Waals surface area contributed by atoms with Gasteiger partial charge in [0.05, 0.1) is 11.9 Å². The molecule has 0 amide bonds. The third-order valence-electron chi connectivity index (χ3n) is 1.36. The monoisotopic (exact) mass is 165 g/mol. The second-order valence-electron chi connectivity index (χ2n) is 2.31. The summed E-state index contributed by atoms with van der Waals surface area (Å²) < 4.78 is 6.41. The average Bonchev–Trinajstić information content (AvgIpc) is 2.63. The van der Waals surface area contributed by atoms with Crippen LogP contribution >= 0.6 is 0 Å². The second-order valence-corrected chi connectivity index (χ2v) is 2.31. The molecule has 0 aliphatic carbocycles. The van der Waals surface area contributed by atoms with Gasteiger partial charge >= 0.3 is 0 Å². The predicted octanol–water partition coefficient (Wildman–Crippen LogP) is -0.103. The molecule has 2 N–H and O–H groups in total. The van der Waals surface area contributed by atoms with Crippen LogP contribution in [0.4, 0.5) is 5.69 Å². The number of nitrogens with two attached hydrogens (primary N) is 1. The Hall–Kier alpha value is -1.85. The van der Waals surface area contributed by atoms with Crippen molar-refractivity contribution in [3.8, 4) is 0 Å². The summed E-state index contributed by atoms with van der Waals surface area (Å²) >= 11 is 0. The normalized spacial score (nSPS) is 10.3. The van der Waals surface area contributed by atoms with Crippen molar-refractivity contribution in [3.05, 3.63) is 24.6 Å². The minimum absolute atomic E-state index is 0.456. The van der Waals surface area contributed by atoms with Gasteiger partial charge in [0.15, 0.2) is 6.33 Å².